The van der Waals surface area contributed by atoms with Gasteiger partial charge >= 0.3 is 5.97 Å². The molecule has 0 aromatic rings. The van der Waals surface area contributed by atoms with Gasteiger partial charge < -0.3 is 9.47 Å². The molecule has 4 atom stereocenters. The Morgan fingerprint density at radius 1 is 1.53 bits per heavy atom. The number of alkyl halides is 1. The van der Waals surface area contributed by atoms with E-state index in [4.69, 9.17) is 9.47 Å². The van der Waals surface area contributed by atoms with Crippen molar-refractivity contribution in [3.63, 3.8) is 0 Å². The number of ether oxygens (including phenoxy) is 2. The van der Waals surface area contributed by atoms with Crippen molar-refractivity contribution in [2.45, 2.75) is 50.1 Å². The third-order valence-electron chi connectivity index (χ3n) is 2.86. The van der Waals surface area contributed by atoms with Gasteiger partial charge in [0, 0.05) is 4.83 Å². The minimum atomic E-state index is -0.174. The molecule has 4 heteroatoms. The highest BCUT2D eigenvalue weighted by atomic mass is 79.9. The number of halogens is 1. The molecule has 0 aromatic carbocycles. The van der Waals surface area contributed by atoms with Crippen molar-refractivity contribution in [2.75, 3.05) is 7.11 Å². The van der Waals surface area contributed by atoms with Gasteiger partial charge in [-0.05, 0) is 26.2 Å². The Kier molecular flexibility index (Phi) is 5.06. The van der Waals surface area contributed by atoms with E-state index in [-0.39, 0.29) is 24.1 Å². The molecule has 3 nitrogen and oxygen atoms in total. The van der Waals surface area contributed by atoms with Crippen molar-refractivity contribution >= 4 is 21.9 Å². The van der Waals surface area contributed by atoms with Crippen molar-refractivity contribution in [1.29, 1.82) is 0 Å². The van der Waals surface area contributed by atoms with E-state index in [9.17, 15) is 4.79 Å². The predicted octanol–water partition coefficient (Wildman–Crippen LogP) is 2.52. The Labute approximate surface area is 99.6 Å². The molecule has 88 valence electrons. The summed E-state index contributed by atoms with van der Waals surface area (Å²) in [6.45, 7) is 3.98. The summed E-state index contributed by atoms with van der Waals surface area (Å²) in [5, 5.41) is 0. The van der Waals surface area contributed by atoms with Gasteiger partial charge in [0.15, 0.2) is 0 Å². The smallest absolute Gasteiger partial charge is 0.311 e. The zero-order valence-electron chi connectivity index (χ0n) is 9.53. The van der Waals surface area contributed by atoms with Crippen LogP contribution in [0.5, 0.6) is 0 Å². The average Bonchev–Trinajstić information content (AvgIpc) is 2.63. The van der Waals surface area contributed by atoms with E-state index in [0.29, 0.717) is 4.83 Å². The zero-order valence-corrected chi connectivity index (χ0v) is 11.1. The van der Waals surface area contributed by atoms with Crippen molar-refractivity contribution in [1.82, 2.24) is 0 Å². The molecule has 1 aliphatic heterocycles. The molecule has 1 fully saturated rings. The molecule has 0 aliphatic carbocycles. The second-order valence-corrected chi connectivity index (χ2v) is 5.77. The van der Waals surface area contributed by atoms with Gasteiger partial charge in [0.2, 0.25) is 0 Å². The maximum absolute atomic E-state index is 11.3. The number of hydrogen-bond donors (Lipinski definition) is 0. The number of carbonyl (C=O) groups excluding carboxylic acids is 1. The molecule has 0 spiro atoms. The van der Waals surface area contributed by atoms with Crippen LogP contribution in [0.1, 0.15) is 33.1 Å². The lowest BCUT2D eigenvalue weighted by atomic mass is 10.0. The normalized spacial score (nSPS) is 29.9. The molecule has 0 bridgehead atoms. The third-order valence-corrected chi connectivity index (χ3v) is 3.23. The second-order valence-electron chi connectivity index (χ2n) is 4.20. The van der Waals surface area contributed by atoms with Gasteiger partial charge in [0.25, 0.3) is 0 Å². The molecule has 1 rings (SSSR count). The maximum atomic E-state index is 11.3. The number of rotatable bonds is 4. The highest BCUT2D eigenvalue weighted by molar-refractivity contribution is 9.09. The molecule has 0 aromatic heterocycles. The van der Waals surface area contributed by atoms with E-state index in [1.165, 1.54) is 7.11 Å². The highest BCUT2D eigenvalue weighted by Gasteiger charge is 2.33. The first-order valence-electron chi connectivity index (χ1n) is 5.42. The highest BCUT2D eigenvalue weighted by Crippen LogP contribution is 2.29. The summed E-state index contributed by atoms with van der Waals surface area (Å²) in [6.07, 6.45) is 3.33. The fraction of sp³-hybridized carbons (Fsp3) is 0.909. The number of carbonyl (C=O) groups is 1. The standard InChI is InChI=1S/C11H19BrO3/c1-7(12)6-9-4-5-10(15-9)8(2)11(13)14-3/h7-10H,4-6H2,1-3H3/t7-,8-,9+,10-/m1/s1. The van der Waals surface area contributed by atoms with Crippen LogP contribution in [0.25, 0.3) is 0 Å². The molecule has 1 saturated heterocycles. The Hall–Kier alpha value is -0.0900. The van der Waals surface area contributed by atoms with Crippen molar-refractivity contribution < 1.29 is 14.3 Å². The lowest BCUT2D eigenvalue weighted by Gasteiger charge is -2.18. The molecule has 0 radical (unpaired) electrons. The van der Waals surface area contributed by atoms with E-state index < -0.39 is 0 Å². The van der Waals surface area contributed by atoms with Crippen LogP contribution in [0.4, 0.5) is 0 Å². The summed E-state index contributed by atoms with van der Waals surface area (Å²) in [5.74, 6) is -0.321. The Morgan fingerprint density at radius 2 is 2.20 bits per heavy atom. The molecule has 15 heavy (non-hydrogen) atoms. The van der Waals surface area contributed by atoms with Crippen LogP contribution in [-0.2, 0) is 14.3 Å². The molecule has 1 heterocycles. The quantitative estimate of drug-likeness (QED) is 0.586. The van der Waals surface area contributed by atoms with Gasteiger partial charge in [-0.25, -0.2) is 0 Å². The number of methoxy groups -OCH3 is 1. The van der Waals surface area contributed by atoms with Crippen LogP contribution in [0.3, 0.4) is 0 Å². The van der Waals surface area contributed by atoms with Crippen LogP contribution in [0.2, 0.25) is 0 Å². The summed E-state index contributed by atoms with van der Waals surface area (Å²) >= 11 is 3.51. The Bertz CT molecular complexity index is 218. The zero-order chi connectivity index (χ0) is 11.4. The first-order valence-corrected chi connectivity index (χ1v) is 6.33. The van der Waals surface area contributed by atoms with E-state index in [1.54, 1.807) is 0 Å². The van der Waals surface area contributed by atoms with Crippen LogP contribution < -0.4 is 0 Å². The van der Waals surface area contributed by atoms with Crippen LogP contribution in [-0.4, -0.2) is 30.1 Å². The lowest BCUT2D eigenvalue weighted by molar-refractivity contribution is -0.149. The number of esters is 1. The van der Waals surface area contributed by atoms with E-state index >= 15 is 0 Å². The number of hydrogen-bond acceptors (Lipinski definition) is 3. The van der Waals surface area contributed by atoms with Crippen LogP contribution >= 0.6 is 15.9 Å². The predicted molar refractivity (Wildman–Crippen MR) is 62.1 cm³/mol. The molecular weight excluding hydrogens is 260 g/mol. The summed E-state index contributed by atoms with van der Waals surface area (Å²) in [7, 11) is 1.42. The average molecular weight is 279 g/mol. The Balaban J connectivity index is 2.38. The topological polar surface area (TPSA) is 35.5 Å². The van der Waals surface area contributed by atoms with E-state index in [1.807, 2.05) is 6.92 Å². The largest absolute Gasteiger partial charge is 0.469 e. The summed E-state index contributed by atoms with van der Waals surface area (Å²) < 4.78 is 10.5. The monoisotopic (exact) mass is 278 g/mol. The van der Waals surface area contributed by atoms with Gasteiger partial charge in [-0.2, -0.15) is 0 Å². The fourth-order valence-electron chi connectivity index (χ4n) is 1.97. The van der Waals surface area contributed by atoms with Gasteiger partial charge in [-0.1, -0.05) is 22.9 Å². The van der Waals surface area contributed by atoms with E-state index in [0.717, 1.165) is 19.3 Å². The van der Waals surface area contributed by atoms with Crippen LogP contribution in [0, 0.1) is 5.92 Å². The molecule has 0 amide bonds. The SMILES string of the molecule is COC(=O)[C@H](C)[C@H]1CC[C@@H](C[C@@H](C)Br)O1. The molecular formula is C11H19BrO3. The summed E-state index contributed by atoms with van der Waals surface area (Å²) in [5.41, 5.74) is 0. The maximum Gasteiger partial charge on any atom is 0.311 e. The van der Waals surface area contributed by atoms with Gasteiger partial charge in [-0.15, -0.1) is 0 Å². The van der Waals surface area contributed by atoms with Gasteiger partial charge in [0.05, 0.1) is 25.2 Å². The summed E-state index contributed by atoms with van der Waals surface area (Å²) in [6, 6.07) is 0. The van der Waals surface area contributed by atoms with Crippen molar-refractivity contribution in [3.8, 4) is 0 Å². The molecule has 0 unspecified atom stereocenters. The first-order chi connectivity index (χ1) is 7.04. The van der Waals surface area contributed by atoms with Crippen molar-refractivity contribution in [2.24, 2.45) is 5.92 Å². The second kappa shape index (κ2) is 5.85. The third kappa shape index (κ3) is 3.76. The summed E-state index contributed by atoms with van der Waals surface area (Å²) in [4.78, 5) is 11.8. The van der Waals surface area contributed by atoms with E-state index in [2.05, 4.69) is 22.9 Å². The van der Waals surface area contributed by atoms with Crippen molar-refractivity contribution in [3.05, 3.63) is 0 Å². The minimum Gasteiger partial charge on any atom is -0.469 e. The van der Waals surface area contributed by atoms with Crippen LogP contribution in [0.15, 0.2) is 0 Å². The first kappa shape index (κ1) is 13.0. The Morgan fingerprint density at radius 3 is 2.73 bits per heavy atom. The van der Waals surface area contributed by atoms with Gasteiger partial charge in [-0.3, -0.25) is 4.79 Å². The minimum absolute atomic E-state index is 0.0358. The molecule has 1 aliphatic rings. The molecule has 0 saturated carbocycles. The fourth-order valence-corrected chi connectivity index (χ4v) is 2.39. The lowest BCUT2D eigenvalue weighted by Crippen LogP contribution is -2.27. The van der Waals surface area contributed by atoms with Gasteiger partial charge in [0.1, 0.15) is 0 Å². The molecule has 0 N–H and O–H groups in total.